The van der Waals surface area contributed by atoms with Gasteiger partial charge in [-0.25, -0.2) is 0 Å². The maximum Gasteiger partial charge on any atom is 0.0614 e. The van der Waals surface area contributed by atoms with Crippen LogP contribution in [0, 0.1) is 6.92 Å². The molecular formula is C13H21N3O. The summed E-state index contributed by atoms with van der Waals surface area (Å²) in [6.07, 6.45) is 7.78. The molecule has 2 atom stereocenters. The van der Waals surface area contributed by atoms with E-state index in [-0.39, 0.29) is 12.1 Å². The van der Waals surface area contributed by atoms with Crippen molar-refractivity contribution in [2.24, 2.45) is 0 Å². The second-order valence-corrected chi connectivity index (χ2v) is 5.69. The summed E-state index contributed by atoms with van der Waals surface area (Å²) in [6, 6.07) is 3.15. The van der Waals surface area contributed by atoms with Gasteiger partial charge in [0.15, 0.2) is 0 Å². The van der Waals surface area contributed by atoms with Crippen molar-refractivity contribution in [3.63, 3.8) is 0 Å². The highest BCUT2D eigenvalue weighted by atomic mass is 16.3. The number of rotatable bonds is 4. The first-order chi connectivity index (χ1) is 8.21. The molecule has 0 saturated heterocycles. The van der Waals surface area contributed by atoms with E-state index in [1.165, 1.54) is 12.8 Å². The van der Waals surface area contributed by atoms with Crippen LogP contribution in [0.25, 0.3) is 0 Å². The van der Waals surface area contributed by atoms with Crippen LogP contribution in [-0.2, 0) is 0 Å². The van der Waals surface area contributed by atoms with Gasteiger partial charge in [0.1, 0.15) is 0 Å². The SMILES string of the molecule is Cc1ccn(C2CCC(CO)(NC3CC3)C2)n1. The molecule has 0 aliphatic heterocycles. The van der Waals surface area contributed by atoms with E-state index in [1.807, 2.05) is 13.0 Å². The molecule has 0 amide bonds. The molecule has 94 valence electrons. The first-order valence-electron chi connectivity index (χ1n) is 6.61. The van der Waals surface area contributed by atoms with Crippen LogP contribution in [-0.4, -0.2) is 33.1 Å². The molecule has 2 saturated carbocycles. The van der Waals surface area contributed by atoms with Crippen LogP contribution < -0.4 is 5.32 Å². The van der Waals surface area contributed by atoms with Gasteiger partial charge >= 0.3 is 0 Å². The Labute approximate surface area is 102 Å². The Morgan fingerprint density at radius 1 is 1.53 bits per heavy atom. The van der Waals surface area contributed by atoms with E-state index in [4.69, 9.17) is 0 Å². The van der Waals surface area contributed by atoms with Crippen molar-refractivity contribution in [1.82, 2.24) is 15.1 Å². The number of aryl methyl sites for hydroxylation is 1. The Morgan fingerprint density at radius 2 is 2.35 bits per heavy atom. The molecule has 2 aliphatic rings. The Kier molecular flexibility index (Phi) is 2.71. The lowest BCUT2D eigenvalue weighted by molar-refractivity contribution is 0.158. The van der Waals surface area contributed by atoms with Crippen LogP contribution in [0.2, 0.25) is 0 Å². The van der Waals surface area contributed by atoms with Crippen LogP contribution in [0.4, 0.5) is 0 Å². The zero-order valence-electron chi connectivity index (χ0n) is 10.4. The lowest BCUT2D eigenvalue weighted by Gasteiger charge is -2.28. The minimum atomic E-state index is -0.0499. The number of aromatic nitrogens is 2. The van der Waals surface area contributed by atoms with Crippen molar-refractivity contribution >= 4 is 0 Å². The van der Waals surface area contributed by atoms with Gasteiger partial charge in [-0.3, -0.25) is 4.68 Å². The highest BCUT2D eigenvalue weighted by molar-refractivity contribution is 5.04. The minimum Gasteiger partial charge on any atom is -0.394 e. The third-order valence-electron chi connectivity index (χ3n) is 4.09. The predicted molar refractivity (Wildman–Crippen MR) is 65.8 cm³/mol. The summed E-state index contributed by atoms with van der Waals surface area (Å²) in [5, 5.41) is 17.8. The fourth-order valence-corrected chi connectivity index (χ4v) is 2.94. The van der Waals surface area contributed by atoms with Crippen molar-refractivity contribution in [2.45, 2.75) is 56.7 Å². The first-order valence-corrected chi connectivity index (χ1v) is 6.61. The van der Waals surface area contributed by atoms with Gasteiger partial charge in [0.05, 0.1) is 18.3 Å². The molecule has 4 nitrogen and oxygen atoms in total. The van der Waals surface area contributed by atoms with Crippen LogP contribution in [0.5, 0.6) is 0 Å². The lowest BCUT2D eigenvalue weighted by atomic mass is 9.98. The summed E-state index contributed by atoms with van der Waals surface area (Å²) in [4.78, 5) is 0. The Balaban J connectivity index is 1.70. The maximum absolute atomic E-state index is 9.67. The first kappa shape index (κ1) is 11.2. The number of hydrogen-bond donors (Lipinski definition) is 2. The summed E-state index contributed by atoms with van der Waals surface area (Å²) >= 11 is 0. The van der Waals surface area contributed by atoms with E-state index in [0.29, 0.717) is 12.1 Å². The Hall–Kier alpha value is -0.870. The fourth-order valence-electron chi connectivity index (χ4n) is 2.94. The van der Waals surface area contributed by atoms with E-state index in [9.17, 15) is 5.11 Å². The van der Waals surface area contributed by atoms with Crippen LogP contribution >= 0.6 is 0 Å². The van der Waals surface area contributed by atoms with Crippen molar-refractivity contribution in [2.75, 3.05) is 6.61 Å². The van der Waals surface area contributed by atoms with Gasteiger partial charge in [0.2, 0.25) is 0 Å². The summed E-state index contributed by atoms with van der Waals surface area (Å²) in [5.41, 5.74) is 1.02. The molecule has 2 aliphatic carbocycles. The monoisotopic (exact) mass is 235 g/mol. The highest BCUT2D eigenvalue weighted by Gasteiger charge is 2.42. The van der Waals surface area contributed by atoms with Gasteiger partial charge in [0, 0.05) is 17.8 Å². The molecule has 4 heteroatoms. The highest BCUT2D eigenvalue weighted by Crippen LogP contribution is 2.39. The molecule has 1 heterocycles. The van der Waals surface area contributed by atoms with Crippen molar-refractivity contribution in [3.8, 4) is 0 Å². The summed E-state index contributed by atoms with van der Waals surface area (Å²) in [5.74, 6) is 0. The van der Waals surface area contributed by atoms with Crippen LogP contribution in [0.3, 0.4) is 0 Å². The molecule has 2 N–H and O–H groups in total. The van der Waals surface area contributed by atoms with Crippen LogP contribution in [0.1, 0.15) is 43.8 Å². The normalized spacial score (nSPS) is 33.2. The van der Waals surface area contributed by atoms with Crippen molar-refractivity contribution < 1.29 is 5.11 Å². The quantitative estimate of drug-likeness (QED) is 0.829. The topological polar surface area (TPSA) is 50.1 Å². The molecule has 0 spiro atoms. The third-order valence-corrected chi connectivity index (χ3v) is 4.09. The molecule has 2 fully saturated rings. The van der Waals surface area contributed by atoms with Gasteiger partial charge in [-0.05, 0) is 45.1 Å². The molecule has 1 aromatic rings. The number of hydrogen-bond acceptors (Lipinski definition) is 3. The summed E-state index contributed by atoms with van der Waals surface area (Å²) in [7, 11) is 0. The van der Waals surface area contributed by atoms with E-state index >= 15 is 0 Å². The summed E-state index contributed by atoms with van der Waals surface area (Å²) < 4.78 is 2.07. The molecule has 0 aromatic carbocycles. The average Bonchev–Trinajstić information content (AvgIpc) is 2.86. The molecular weight excluding hydrogens is 214 g/mol. The molecule has 17 heavy (non-hydrogen) atoms. The second-order valence-electron chi connectivity index (χ2n) is 5.69. The molecule has 0 bridgehead atoms. The molecule has 1 aromatic heterocycles. The van der Waals surface area contributed by atoms with Gasteiger partial charge in [-0.1, -0.05) is 0 Å². The largest absolute Gasteiger partial charge is 0.394 e. The van der Waals surface area contributed by atoms with E-state index in [0.717, 1.165) is 25.0 Å². The van der Waals surface area contributed by atoms with E-state index in [1.54, 1.807) is 0 Å². The predicted octanol–water partition coefficient (Wildman–Crippen LogP) is 1.40. The smallest absolute Gasteiger partial charge is 0.0614 e. The number of aliphatic hydroxyl groups excluding tert-OH is 1. The third kappa shape index (κ3) is 2.24. The molecule has 0 radical (unpaired) electrons. The van der Waals surface area contributed by atoms with Gasteiger partial charge in [-0.15, -0.1) is 0 Å². The number of nitrogens with one attached hydrogen (secondary N) is 1. The maximum atomic E-state index is 9.67. The summed E-state index contributed by atoms with van der Waals surface area (Å²) in [6.45, 7) is 2.27. The fraction of sp³-hybridized carbons (Fsp3) is 0.769. The zero-order chi connectivity index (χ0) is 11.9. The Morgan fingerprint density at radius 3 is 2.94 bits per heavy atom. The van der Waals surface area contributed by atoms with Crippen molar-refractivity contribution in [1.29, 1.82) is 0 Å². The standard InChI is InChI=1S/C13H21N3O/c1-10-5-7-16(15-10)12-4-6-13(8-12,9-17)14-11-2-3-11/h5,7,11-12,14,17H,2-4,6,8-9H2,1H3. The average molecular weight is 235 g/mol. The van der Waals surface area contributed by atoms with Crippen molar-refractivity contribution in [3.05, 3.63) is 18.0 Å². The lowest BCUT2D eigenvalue weighted by Crippen LogP contribution is -2.47. The van der Waals surface area contributed by atoms with Gasteiger partial charge in [-0.2, -0.15) is 5.10 Å². The zero-order valence-corrected chi connectivity index (χ0v) is 10.4. The molecule has 3 rings (SSSR count). The number of nitrogens with zero attached hydrogens (tertiary/aromatic N) is 2. The van der Waals surface area contributed by atoms with Crippen LogP contribution in [0.15, 0.2) is 12.3 Å². The minimum absolute atomic E-state index is 0.0499. The van der Waals surface area contributed by atoms with Gasteiger partial charge < -0.3 is 10.4 Å². The van der Waals surface area contributed by atoms with E-state index < -0.39 is 0 Å². The Bertz CT molecular complexity index is 399. The van der Waals surface area contributed by atoms with E-state index in [2.05, 4.69) is 21.3 Å². The number of aliphatic hydroxyl groups is 1. The molecule has 2 unspecified atom stereocenters. The van der Waals surface area contributed by atoms with Gasteiger partial charge in [0.25, 0.3) is 0 Å². The second kappa shape index (κ2) is 4.10.